The normalized spacial score (nSPS) is 11.6. The molecule has 0 bridgehead atoms. The van der Waals surface area contributed by atoms with Crippen molar-refractivity contribution in [1.82, 2.24) is 5.32 Å². The van der Waals surface area contributed by atoms with Gasteiger partial charge >= 0.3 is 0 Å². The maximum atomic E-state index is 6.13. The Bertz CT molecular complexity index is 825. The van der Waals surface area contributed by atoms with Crippen LogP contribution in [0, 0.1) is 13.8 Å². The van der Waals surface area contributed by atoms with Gasteiger partial charge in [-0.25, -0.2) is 0 Å². The highest BCUT2D eigenvalue weighted by molar-refractivity contribution is 5.96. The van der Waals surface area contributed by atoms with Crippen molar-refractivity contribution in [2.24, 2.45) is 0 Å². The van der Waals surface area contributed by atoms with Crippen LogP contribution in [0.25, 0.3) is 22.1 Å². The second kappa shape index (κ2) is 6.84. The number of hydrogen-bond donors (Lipinski definition) is 1. The molecule has 3 aromatic rings. The summed E-state index contributed by atoms with van der Waals surface area (Å²) in [4.78, 5) is 0. The van der Waals surface area contributed by atoms with Crippen LogP contribution in [0.3, 0.4) is 0 Å². The van der Waals surface area contributed by atoms with Gasteiger partial charge in [0.15, 0.2) is 0 Å². The Labute approximate surface area is 137 Å². The van der Waals surface area contributed by atoms with Gasteiger partial charge in [-0.3, -0.25) is 0 Å². The van der Waals surface area contributed by atoms with Crippen LogP contribution in [0.15, 0.2) is 59.0 Å². The first kappa shape index (κ1) is 15.6. The number of benzene rings is 2. The van der Waals surface area contributed by atoms with Crippen LogP contribution in [0.5, 0.6) is 0 Å². The van der Waals surface area contributed by atoms with Crippen LogP contribution in [0.1, 0.15) is 23.8 Å². The van der Waals surface area contributed by atoms with E-state index in [4.69, 9.17) is 4.42 Å². The lowest BCUT2D eigenvalue weighted by Crippen LogP contribution is -2.12. The van der Waals surface area contributed by atoms with Crippen molar-refractivity contribution in [3.8, 4) is 11.1 Å². The van der Waals surface area contributed by atoms with Crippen molar-refractivity contribution in [3.05, 3.63) is 71.5 Å². The topological polar surface area (TPSA) is 25.2 Å². The second-order valence-electron chi connectivity index (χ2n) is 5.97. The van der Waals surface area contributed by atoms with Crippen LogP contribution in [-0.4, -0.2) is 6.54 Å². The molecule has 1 aromatic heterocycles. The smallest absolute Gasteiger partial charge is 0.135 e. The third kappa shape index (κ3) is 3.38. The van der Waals surface area contributed by atoms with Gasteiger partial charge in [0.1, 0.15) is 11.3 Å². The summed E-state index contributed by atoms with van der Waals surface area (Å²) in [6.07, 6.45) is 4.16. The molecule has 0 aliphatic rings. The predicted molar refractivity (Wildman–Crippen MR) is 97.6 cm³/mol. The summed E-state index contributed by atoms with van der Waals surface area (Å²) >= 11 is 0. The fraction of sp³-hybridized carbons (Fsp3) is 0.238. The van der Waals surface area contributed by atoms with Crippen LogP contribution in [0.4, 0.5) is 0 Å². The lowest BCUT2D eigenvalue weighted by molar-refractivity contribution is 0.526. The molecule has 118 valence electrons. The molecule has 2 aromatic carbocycles. The molecule has 1 N–H and O–H groups in total. The van der Waals surface area contributed by atoms with Gasteiger partial charge in [0.2, 0.25) is 0 Å². The fourth-order valence-electron chi connectivity index (χ4n) is 2.81. The first-order valence-electron chi connectivity index (χ1n) is 8.10. The van der Waals surface area contributed by atoms with Gasteiger partial charge < -0.3 is 9.73 Å². The monoisotopic (exact) mass is 305 g/mol. The average molecular weight is 305 g/mol. The van der Waals surface area contributed by atoms with E-state index in [2.05, 4.69) is 73.8 Å². The molecule has 0 saturated heterocycles. The van der Waals surface area contributed by atoms with Crippen LogP contribution in [-0.2, 0) is 6.54 Å². The quantitative estimate of drug-likeness (QED) is 0.505. The highest BCUT2D eigenvalue weighted by Crippen LogP contribution is 2.35. The minimum absolute atomic E-state index is 0.723. The average Bonchev–Trinajstić information content (AvgIpc) is 2.90. The van der Waals surface area contributed by atoms with Crippen molar-refractivity contribution < 1.29 is 4.42 Å². The largest absolute Gasteiger partial charge is 0.459 e. The summed E-state index contributed by atoms with van der Waals surface area (Å²) in [6, 6.07) is 15.0. The minimum atomic E-state index is 0.723. The standard InChI is InChI=1S/C21H23NO/c1-4-5-12-22-14-20-21(17-9-6-15(2)7-10-17)18-13-16(3)8-11-19(18)23-20/h4-11,13,22H,12,14H2,1-3H3. The minimum Gasteiger partial charge on any atom is -0.459 e. The molecule has 0 spiro atoms. The molecule has 0 unspecified atom stereocenters. The van der Waals surface area contributed by atoms with E-state index < -0.39 is 0 Å². The van der Waals surface area contributed by atoms with E-state index in [0.717, 1.165) is 24.4 Å². The van der Waals surface area contributed by atoms with Crippen LogP contribution >= 0.6 is 0 Å². The molecule has 0 radical (unpaired) electrons. The van der Waals surface area contributed by atoms with Gasteiger partial charge in [0, 0.05) is 17.5 Å². The number of fused-ring (bicyclic) bond motifs is 1. The summed E-state index contributed by atoms with van der Waals surface area (Å²) in [7, 11) is 0. The molecule has 0 aliphatic carbocycles. The summed E-state index contributed by atoms with van der Waals surface area (Å²) in [6.45, 7) is 7.83. The highest BCUT2D eigenvalue weighted by atomic mass is 16.3. The first-order chi connectivity index (χ1) is 11.2. The highest BCUT2D eigenvalue weighted by Gasteiger charge is 2.15. The first-order valence-corrected chi connectivity index (χ1v) is 8.10. The molecular weight excluding hydrogens is 282 g/mol. The Balaban J connectivity index is 2.07. The number of furan rings is 1. The van der Waals surface area contributed by atoms with Gasteiger partial charge in [0.25, 0.3) is 0 Å². The number of allylic oxidation sites excluding steroid dienone is 1. The molecule has 0 amide bonds. The molecule has 0 fully saturated rings. The van der Waals surface area contributed by atoms with Crippen molar-refractivity contribution in [2.45, 2.75) is 27.3 Å². The molecule has 0 atom stereocenters. The lowest BCUT2D eigenvalue weighted by Gasteiger charge is -2.05. The van der Waals surface area contributed by atoms with E-state index in [9.17, 15) is 0 Å². The second-order valence-corrected chi connectivity index (χ2v) is 5.97. The SMILES string of the molecule is CC=CCNCc1oc2ccc(C)cc2c1-c1ccc(C)cc1. The number of rotatable bonds is 5. The summed E-state index contributed by atoms with van der Waals surface area (Å²) in [5.74, 6) is 0.999. The number of aryl methyl sites for hydroxylation is 2. The predicted octanol–water partition coefficient (Wildman–Crippen LogP) is 5.38. The zero-order valence-corrected chi connectivity index (χ0v) is 14.0. The third-order valence-electron chi connectivity index (χ3n) is 4.04. The molecule has 23 heavy (non-hydrogen) atoms. The van der Waals surface area contributed by atoms with Crippen LogP contribution in [0.2, 0.25) is 0 Å². The van der Waals surface area contributed by atoms with Crippen molar-refractivity contribution in [1.29, 1.82) is 0 Å². The van der Waals surface area contributed by atoms with E-state index in [-0.39, 0.29) is 0 Å². The third-order valence-corrected chi connectivity index (χ3v) is 4.04. The maximum Gasteiger partial charge on any atom is 0.135 e. The summed E-state index contributed by atoms with van der Waals surface area (Å²) < 4.78 is 6.13. The van der Waals surface area contributed by atoms with Crippen molar-refractivity contribution in [2.75, 3.05) is 6.54 Å². The summed E-state index contributed by atoms with van der Waals surface area (Å²) in [5, 5.41) is 4.61. The molecule has 1 heterocycles. The summed E-state index contributed by atoms with van der Waals surface area (Å²) in [5.41, 5.74) is 5.89. The van der Waals surface area contributed by atoms with Gasteiger partial charge in [-0.15, -0.1) is 0 Å². The van der Waals surface area contributed by atoms with Gasteiger partial charge in [0.05, 0.1) is 6.54 Å². The van der Waals surface area contributed by atoms with Gasteiger partial charge in [-0.2, -0.15) is 0 Å². The molecule has 0 saturated carbocycles. The van der Waals surface area contributed by atoms with E-state index in [1.165, 1.54) is 27.6 Å². The molecule has 2 nitrogen and oxygen atoms in total. The Morgan fingerprint density at radius 3 is 2.48 bits per heavy atom. The number of nitrogens with one attached hydrogen (secondary N) is 1. The number of hydrogen-bond acceptors (Lipinski definition) is 2. The lowest BCUT2D eigenvalue weighted by atomic mass is 10.00. The fourth-order valence-corrected chi connectivity index (χ4v) is 2.81. The Hall–Kier alpha value is -2.32. The van der Waals surface area contributed by atoms with E-state index in [0.29, 0.717) is 0 Å². The Kier molecular flexibility index (Phi) is 4.63. The van der Waals surface area contributed by atoms with Crippen molar-refractivity contribution >= 4 is 11.0 Å². The van der Waals surface area contributed by atoms with Crippen LogP contribution < -0.4 is 5.32 Å². The molecule has 0 aliphatic heterocycles. The molecule has 2 heteroatoms. The van der Waals surface area contributed by atoms with Gasteiger partial charge in [-0.1, -0.05) is 53.6 Å². The van der Waals surface area contributed by atoms with E-state index in [1.54, 1.807) is 0 Å². The van der Waals surface area contributed by atoms with Crippen molar-refractivity contribution in [3.63, 3.8) is 0 Å². The van der Waals surface area contributed by atoms with Gasteiger partial charge in [-0.05, 0) is 38.5 Å². The zero-order valence-electron chi connectivity index (χ0n) is 14.0. The zero-order chi connectivity index (χ0) is 16.2. The Morgan fingerprint density at radius 2 is 1.74 bits per heavy atom. The molecular formula is C21H23NO. The Morgan fingerprint density at radius 1 is 1.00 bits per heavy atom. The van der Waals surface area contributed by atoms with E-state index in [1.807, 2.05) is 6.92 Å². The maximum absolute atomic E-state index is 6.13. The molecule has 3 rings (SSSR count). The van der Waals surface area contributed by atoms with E-state index >= 15 is 0 Å².